The topological polar surface area (TPSA) is 81.2 Å². The van der Waals surface area contributed by atoms with E-state index in [4.69, 9.17) is 9.47 Å². The highest BCUT2D eigenvalue weighted by Crippen LogP contribution is 2.27. The number of hydrogen-bond donors (Lipinski definition) is 2. The van der Waals surface area contributed by atoms with Crippen molar-refractivity contribution in [1.82, 2.24) is 15.0 Å². The van der Waals surface area contributed by atoms with Crippen molar-refractivity contribution in [2.45, 2.75) is 6.61 Å². The lowest BCUT2D eigenvalue weighted by molar-refractivity contribution is 0.211. The standard InChI is InChI=1S/C23H22FN5O2/c1-30-13-12-26-17-7-10-21-20(14-17)22(29-23(24)28-21)27-16-5-8-19(9-6-16)31-15-18-4-2-3-11-25-18/h2-11,14,26H,12-13,15H2,1H3,(H,27,28,29). The molecule has 2 aromatic heterocycles. The van der Waals surface area contributed by atoms with Crippen LogP contribution >= 0.6 is 0 Å². The molecule has 4 aromatic rings. The van der Waals surface area contributed by atoms with E-state index < -0.39 is 6.08 Å². The molecule has 0 radical (unpaired) electrons. The summed E-state index contributed by atoms with van der Waals surface area (Å²) in [6.45, 7) is 1.62. The third kappa shape index (κ3) is 5.43. The summed E-state index contributed by atoms with van der Waals surface area (Å²) in [4.78, 5) is 12.1. The minimum absolute atomic E-state index is 0.383. The van der Waals surface area contributed by atoms with Crippen molar-refractivity contribution in [3.63, 3.8) is 0 Å². The normalized spacial score (nSPS) is 10.8. The minimum Gasteiger partial charge on any atom is -0.487 e. The molecule has 0 aliphatic heterocycles. The Hall–Kier alpha value is -3.78. The number of anilines is 3. The van der Waals surface area contributed by atoms with E-state index in [0.29, 0.717) is 42.2 Å². The summed E-state index contributed by atoms with van der Waals surface area (Å²) in [7, 11) is 1.65. The molecule has 4 rings (SSSR count). The molecule has 8 heteroatoms. The monoisotopic (exact) mass is 419 g/mol. The zero-order valence-electron chi connectivity index (χ0n) is 17.0. The van der Waals surface area contributed by atoms with Crippen LogP contribution in [0.25, 0.3) is 10.9 Å². The smallest absolute Gasteiger partial charge is 0.311 e. The number of rotatable bonds is 9. The van der Waals surface area contributed by atoms with E-state index in [9.17, 15) is 4.39 Å². The number of nitrogens with zero attached hydrogens (tertiary/aromatic N) is 3. The van der Waals surface area contributed by atoms with Gasteiger partial charge in [-0.2, -0.15) is 9.37 Å². The van der Waals surface area contributed by atoms with Crippen molar-refractivity contribution in [2.75, 3.05) is 30.9 Å². The Morgan fingerprint density at radius 1 is 0.968 bits per heavy atom. The minimum atomic E-state index is -0.787. The SMILES string of the molecule is COCCNc1ccc2nc(F)nc(Nc3ccc(OCc4ccccn4)cc3)c2c1. The maximum atomic E-state index is 14.0. The summed E-state index contributed by atoms with van der Waals surface area (Å²) in [6, 6.07) is 18.5. The molecule has 0 bridgehead atoms. The van der Waals surface area contributed by atoms with Crippen LogP contribution in [0.4, 0.5) is 21.6 Å². The number of hydrogen-bond acceptors (Lipinski definition) is 7. The third-order valence-electron chi connectivity index (χ3n) is 4.53. The van der Waals surface area contributed by atoms with Crippen molar-refractivity contribution in [1.29, 1.82) is 0 Å². The van der Waals surface area contributed by atoms with E-state index in [1.54, 1.807) is 19.4 Å². The van der Waals surface area contributed by atoms with Gasteiger partial charge in [-0.1, -0.05) is 6.07 Å². The first-order valence-electron chi connectivity index (χ1n) is 9.81. The summed E-state index contributed by atoms with van der Waals surface area (Å²) in [5, 5.41) is 7.13. The van der Waals surface area contributed by atoms with E-state index in [2.05, 4.69) is 25.6 Å². The fraction of sp³-hybridized carbons (Fsp3) is 0.174. The van der Waals surface area contributed by atoms with Crippen LogP contribution in [-0.4, -0.2) is 35.2 Å². The predicted octanol–water partition coefficient (Wildman–Crippen LogP) is 4.54. The van der Waals surface area contributed by atoms with E-state index in [0.717, 1.165) is 17.1 Å². The molecule has 0 fully saturated rings. The quantitative estimate of drug-likeness (QED) is 0.304. The van der Waals surface area contributed by atoms with Crippen molar-refractivity contribution in [2.24, 2.45) is 0 Å². The van der Waals surface area contributed by atoms with Gasteiger partial charge >= 0.3 is 6.08 Å². The van der Waals surface area contributed by atoms with E-state index in [1.165, 1.54) is 0 Å². The van der Waals surface area contributed by atoms with Crippen molar-refractivity contribution in [3.05, 3.63) is 78.6 Å². The van der Waals surface area contributed by atoms with Gasteiger partial charge in [0, 0.05) is 36.6 Å². The van der Waals surface area contributed by atoms with Gasteiger partial charge in [-0.25, -0.2) is 4.98 Å². The molecule has 0 aliphatic carbocycles. The molecular weight excluding hydrogens is 397 g/mol. The Labute approximate surface area is 179 Å². The lowest BCUT2D eigenvalue weighted by Crippen LogP contribution is -2.07. The third-order valence-corrected chi connectivity index (χ3v) is 4.53. The van der Waals surface area contributed by atoms with Gasteiger partial charge in [0.2, 0.25) is 0 Å². The van der Waals surface area contributed by atoms with Gasteiger partial charge in [0.05, 0.1) is 17.8 Å². The number of ether oxygens (including phenoxy) is 2. The van der Waals surface area contributed by atoms with Gasteiger partial charge in [0.1, 0.15) is 18.2 Å². The predicted molar refractivity (Wildman–Crippen MR) is 118 cm³/mol. The average molecular weight is 419 g/mol. The molecule has 0 spiro atoms. The lowest BCUT2D eigenvalue weighted by Gasteiger charge is -2.12. The van der Waals surface area contributed by atoms with Crippen LogP contribution in [-0.2, 0) is 11.3 Å². The molecule has 31 heavy (non-hydrogen) atoms. The summed E-state index contributed by atoms with van der Waals surface area (Å²) in [5.41, 5.74) is 2.99. The number of pyridine rings is 1. The van der Waals surface area contributed by atoms with Crippen LogP contribution in [0.15, 0.2) is 66.9 Å². The zero-order chi connectivity index (χ0) is 21.5. The van der Waals surface area contributed by atoms with Gasteiger partial charge in [-0.3, -0.25) is 4.98 Å². The fourth-order valence-electron chi connectivity index (χ4n) is 3.01. The lowest BCUT2D eigenvalue weighted by atomic mass is 10.2. The van der Waals surface area contributed by atoms with Gasteiger partial charge < -0.3 is 20.1 Å². The maximum absolute atomic E-state index is 14.0. The molecule has 0 saturated carbocycles. The number of halogens is 1. The largest absolute Gasteiger partial charge is 0.487 e. The molecule has 0 amide bonds. The maximum Gasteiger partial charge on any atom is 0.311 e. The van der Waals surface area contributed by atoms with Crippen molar-refractivity contribution < 1.29 is 13.9 Å². The van der Waals surface area contributed by atoms with Crippen LogP contribution < -0.4 is 15.4 Å². The number of fused-ring (bicyclic) bond motifs is 1. The Kier molecular flexibility index (Phi) is 6.49. The average Bonchev–Trinajstić information content (AvgIpc) is 2.80. The Morgan fingerprint density at radius 2 is 1.81 bits per heavy atom. The van der Waals surface area contributed by atoms with Crippen molar-refractivity contribution >= 4 is 28.1 Å². The summed E-state index contributed by atoms with van der Waals surface area (Å²) < 4.78 is 24.8. The first kappa shape index (κ1) is 20.5. The van der Waals surface area contributed by atoms with Gasteiger partial charge in [-0.05, 0) is 54.6 Å². The van der Waals surface area contributed by atoms with E-state index >= 15 is 0 Å². The fourth-order valence-corrected chi connectivity index (χ4v) is 3.01. The van der Waals surface area contributed by atoms with Gasteiger partial charge in [0.25, 0.3) is 0 Å². The van der Waals surface area contributed by atoms with Crippen molar-refractivity contribution in [3.8, 4) is 5.75 Å². The molecule has 0 unspecified atom stereocenters. The van der Waals surface area contributed by atoms with Crippen LogP contribution in [0.5, 0.6) is 5.75 Å². The zero-order valence-corrected chi connectivity index (χ0v) is 17.0. The van der Waals surface area contributed by atoms with Crippen LogP contribution in [0, 0.1) is 6.08 Å². The van der Waals surface area contributed by atoms with Crippen LogP contribution in [0.3, 0.4) is 0 Å². The van der Waals surface area contributed by atoms with Crippen LogP contribution in [0.2, 0.25) is 0 Å². The Bertz CT molecular complexity index is 1140. The summed E-state index contributed by atoms with van der Waals surface area (Å²) in [6.07, 6.45) is 0.945. The molecule has 2 N–H and O–H groups in total. The van der Waals surface area contributed by atoms with Gasteiger partial charge in [0.15, 0.2) is 0 Å². The first-order valence-corrected chi connectivity index (χ1v) is 9.81. The molecule has 2 aromatic carbocycles. The van der Waals surface area contributed by atoms with E-state index in [1.807, 2.05) is 54.6 Å². The Balaban J connectivity index is 1.49. The van der Waals surface area contributed by atoms with Gasteiger partial charge in [-0.15, -0.1) is 0 Å². The number of nitrogens with one attached hydrogen (secondary N) is 2. The van der Waals surface area contributed by atoms with Crippen LogP contribution in [0.1, 0.15) is 5.69 Å². The molecule has 7 nitrogen and oxygen atoms in total. The number of methoxy groups -OCH3 is 1. The number of aromatic nitrogens is 3. The Morgan fingerprint density at radius 3 is 2.58 bits per heavy atom. The highest BCUT2D eigenvalue weighted by atomic mass is 19.1. The molecule has 0 saturated heterocycles. The molecule has 2 heterocycles. The highest BCUT2D eigenvalue weighted by molar-refractivity contribution is 5.93. The van der Waals surface area contributed by atoms with E-state index in [-0.39, 0.29) is 0 Å². The molecule has 0 atom stereocenters. The summed E-state index contributed by atoms with van der Waals surface area (Å²) >= 11 is 0. The number of benzene rings is 2. The summed E-state index contributed by atoms with van der Waals surface area (Å²) in [5.74, 6) is 1.10. The molecule has 158 valence electrons. The molecular formula is C23H22FN5O2. The first-order chi connectivity index (χ1) is 15.2. The molecule has 0 aliphatic rings. The highest BCUT2D eigenvalue weighted by Gasteiger charge is 2.09. The second kappa shape index (κ2) is 9.82. The second-order valence-corrected chi connectivity index (χ2v) is 6.75. The second-order valence-electron chi connectivity index (χ2n) is 6.75.